The molecule has 0 spiro atoms. The van der Waals surface area contributed by atoms with Crippen LogP contribution in [-0.2, 0) is 0 Å². The number of hydrogen-bond acceptors (Lipinski definition) is 3. The number of nitriles is 1. The first-order chi connectivity index (χ1) is 8.13. The molecule has 1 aromatic carbocycles. The van der Waals surface area contributed by atoms with Gasteiger partial charge in [-0.05, 0) is 19.1 Å². The second-order valence-electron chi connectivity index (χ2n) is 3.63. The van der Waals surface area contributed by atoms with Crippen LogP contribution in [0.2, 0.25) is 0 Å². The van der Waals surface area contributed by atoms with E-state index in [1.807, 2.05) is 0 Å². The van der Waals surface area contributed by atoms with Crippen molar-refractivity contribution in [3.05, 3.63) is 47.5 Å². The highest BCUT2D eigenvalue weighted by Crippen LogP contribution is 2.24. The molecule has 0 radical (unpaired) electrons. The maximum absolute atomic E-state index is 13.5. The summed E-state index contributed by atoms with van der Waals surface area (Å²) in [6, 6.07) is 5.99. The second-order valence-corrected chi connectivity index (χ2v) is 3.63. The third-order valence-electron chi connectivity index (χ3n) is 2.44. The molecule has 17 heavy (non-hydrogen) atoms. The monoisotopic (exact) mass is 231 g/mol. The van der Waals surface area contributed by atoms with E-state index in [2.05, 4.69) is 5.10 Å². The molecule has 0 bridgehead atoms. The zero-order chi connectivity index (χ0) is 12.4. The van der Waals surface area contributed by atoms with E-state index in [4.69, 9.17) is 5.26 Å². The predicted molar refractivity (Wildman–Crippen MR) is 58.9 cm³/mol. The van der Waals surface area contributed by atoms with Crippen LogP contribution in [0.25, 0.3) is 5.69 Å². The summed E-state index contributed by atoms with van der Waals surface area (Å²) in [5.74, 6) is -0.623. The molecule has 1 heterocycles. The van der Waals surface area contributed by atoms with Gasteiger partial charge in [-0.25, -0.2) is 9.07 Å². The molecular weight excluding hydrogens is 221 g/mol. The van der Waals surface area contributed by atoms with E-state index >= 15 is 0 Å². The molecule has 0 amide bonds. The summed E-state index contributed by atoms with van der Waals surface area (Å²) in [7, 11) is 0. The molecule has 0 saturated heterocycles. The van der Waals surface area contributed by atoms with Gasteiger partial charge in [0.05, 0.1) is 17.4 Å². The van der Waals surface area contributed by atoms with E-state index in [0.717, 1.165) is 0 Å². The van der Waals surface area contributed by atoms with Crippen molar-refractivity contribution in [3.8, 4) is 11.8 Å². The van der Waals surface area contributed by atoms with Gasteiger partial charge in [0, 0.05) is 24.0 Å². The van der Waals surface area contributed by atoms with Gasteiger partial charge in [0.15, 0.2) is 0 Å². The molecule has 0 aliphatic heterocycles. The summed E-state index contributed by atoms with van der Waals surface area (Å²) in [6.45, 7) is 1.56. The van der Waals surface area contributed by atoms with Crippen molar-refractivity contribution < 1.29 is 9.50 Å². The number of aromatic nitrogens is 2. The van der Waals surface area contributed by atoms with Crippen molar-refractivity contribution in [1.82, 2.24) is 9.78 Å². The molecule has 0 fully saturated rings. The van der Waals surface area contributed by atoms with Crippen LogP contribution in [0.5, 0.6) is 0 Å². The van der Waals surface area contributed by atoms with Gasteiger partial charge in [-0.3, -0.25) is 0 Å². The van der Waals surface area contributed by atoms with Gasteiger partial charge in [-0.2, -0.15) is 10.4 Å². The highest BCUT2D eigenvalue weighted by atomic mass is 19.1. The van der Waals surface area contributed by atoms with Crippen LogP contribution in [0.15, 0.2) is 30.6 Å². The smallest absolute Gasteiger partial charge is 0.143 e. The Morgan fingerprint density at radius 1 is 1.53 bits per heavy atom. The Balaban J connectivity index is 2.67. The van der Waals surface area contributed by atoms with Crippen LogP contribution < -0.4 is 0 Å². The lowest BCUT2D eigenvalue weighted by atomic mass is 10.0. The number of hydrogen-bond donors (Lipinski definition) is 1. The minimum Gasteiger partial charge on any atom is -0.389 e. The molecule has 1 atom stereocenters. The summed E-state index contributed by atoms with van der Waals surface area (Å²) >= 11 is 0. The Hall–Kier alpha value is -2.19. The largest absolute Gasteiger partial charge is 0.389 e. The van der Waals surface area contributed by atoms with Gasteiger partial charge in [0.25, 0.3) is 0 Å². The van der Waals surface area contributed by atoms with Crippen molar-refractivity contribution in [2.45, 2.75) is 13.0 Å². The van der Waals surface area contributed by atoms with Crippen molar-refractivity contribution in [2.75, 3.05) is 0 Å². The molecule has 1 aromatic heterocycles. The molecule has 86 valence electrons. The van der Waals surface area contributed by atoms with E-state index < -0.39 is 11.9 Å². The van der Waals surface area contributed by atoms with Crippen molar-refractivity contribution in [1.29, 1.82) is 5.26 Å². The first-order valence-electron chi connectivity index (χ1n) is 5.05. The first kappa shape index (κ1) is 11.3. The minimum absolute atomic E-state index is 0.0863. The average Bonchev–Trinajstić information content (AvgIpc) is 2.81. The van der Waals surface area contributed by atoms with Crippen LogP contribution >= 0.6 is 0 Å². The average molecular weight is 231 g/mol. The number of rotatable bonds is 2. The molecule has 2 rings (SSSR count). The molecule has 0 aliphatic carbocycles. The third kappa shape index (κ3) is 2.03. The van der Waals surface area contributed by atoms with Crippen molar-refractivity contribution in [2.24, 2.45) is 0 Å². The molecule has 0 aliphatic rings. The molecule has 5 heteroatoms. The van der Waals surface area contributed by atoms with Crippen LogP contribution in [0.4, 0.5) is 4.39 Å². The van der Waals surface area contributed by atoms with Crippen LogP contribution in [0.1, 0.15) is 24.2 Å². The van der Waals surface area contributed by atoms with Gasteiger partial charge in [0.2, 0.25) is 0 Å². The maximum atomic E-state index is 13.5. The summed E-state index contributed by atoms with van der Waals surface area (Å²) in [6.07, 6.45) is 2.40. The Labute approximate surface area is 97.5 Å². The highest BCUT2D eigenvalue weighted by molar-refractivity contribution is 5.48. The number of aliphatic hydroxyl groups is 1. The summed E-state index contributed by atoms with van der Waals surface area (Å²) < 4.78 is 15.0. The molecule has 1 N–H and O–H groups in total. The number of nitrogens with zero attached hydrogens (tertiary/aromatic N) is 3. The molecule has 0 saturated carbocycles. The molecule has 2 aromatic rings. The number of halogens is 1. The van der Waals surface area contributed by atoms with E-state index in [1.165, 1.54) is 16.8 Å². The maximum Gasteiger partial charge on any atom is 0.143 e. The molecule has 0 unspecified atom stereocenters. The Bertz CT molecular complexity index is 570. The Morgan fingerprint density at radius 2 is 2.29 bits per heavy atom. The van der Waals surface area contributed by atoms with E-state index in [0.29, 0.717) is 11.3 Å². The Morgan fingerprint density at radius 3 is 2.82 bits per heavy atom. The zero-order valence-electron chi connectivity index (χ0n) is 9.13. The predicted octanol–water partition coefficient (Wildman–Crippen LogP) is 1.94. The van der Waals surface area contributed by atoms with E-state index in [-0.39, 0.29) is 5.56 Å². The topological polar surface area (TPSA) is 61.8 Å². The number of benzene rings is 1. The lowest BCUT2D eigenvalue weighted by Crippen LogP contribution is -2.05. The summed E-state index contributed by atoms with van der Waals surface area (Å²) in [4.78, 5) is 0. The van der Waals surface area contributed by atoms with Gasteiger partial charge >= 0.3 is 0 Å². The fraction of sp³-hybridized carbons (Fsp3) is 0.167. The van der Waals surface area contributed by atoms with Crippen molar-refractivity contribution >= 4 is 0 Å². The summed E-state index contributed by atoms with van der Waals surface area (Å²) in [5, 5.41) is 22.4. The molecule has 4 nitrogen and oxygen atoms in total. The lowest BCUT2D eigenvalue weighted by Gasteiger charge is -2.12. The normalized spacial score (nSPS) is 12.1. The lowest BCUT2D eigenvalue weighted by molar-refractivity contribution is 0.199. The fourth-order valence-corrected chi connectivity index (χ4v) is 1.61. The van der Waals surface area contributed by atoms with Gasteiger partial charge in [-0.15, -0.1) is 0 Å². The number of aliphatic hydroxyl groups excluding tert-OH is 1. The third-order valence-corrected chi connectivity index (χ3v) is 2.44. The van der Waals surface area contributed by atoms with Gasteiger partial charge < -0.3 is 5.11 Å². The highest BCUT2D eigenvalue weighted by Gasteiger charge is 2.14. The van der Waals surface area contributed by atoms with Crippen LogP contribution in [-0.4, -0.2) is 14.9 Å². The first-order valence-corrected chi connectivity index (χ1v) is 5.05. The van der Waals surface area contributed by atoms with Crippen molar-refractivity contribution in [3.63, 3.8) is 0 Å². The minimum atomic E-state index is -0.804. The van der Waals surface area contributed by atoms with Crippen LogP contribution in [0.3, 0.4) is 0 Å². The quantitative estimate of drug-likeness (QED) is 0.859. The Kier molecular flexibility index (Phi) is 2.90. The summed E-state index contributed by atoms with van der Waals surface area (Å²) in [5.41, 5.74) is 0.810. The SMILES string of the molecule is C[C@@H](O)c1cc(C#N)c(F)cc1-n1cccn1. The molecular formula is C12H10FN3O. The van der Waals surface area contributed by atoms with E-state index in [1.54, 1.807) is 31.5 Å². The zero-order valence-corrected chi connectivity index (χ0v) is 9.13. The van der Waals surface area contributed by atoms with Gasteiger partial charge in [-0.1, -0.05) is 0 Å². The van der Waals surface area contributed by atoms with E-state index in [9.17, 15) is 9.50 Å². The standard InChI is InChI=1S/C12H10FN3O/c1-8(17)10-5-9(7-14)11(13)6-12(10)16-4-2-3-15-16/h2-6,8,17H,1H3/t8-/m1/s1. The van der Waals surface area contributed by atoms with Crippen LogP contribution in [0, 0.1) is 17.1 Å². The second kappa shape index (κ2) is 4.36. The van der Waals surface area contributed by atoms with Gasteiger partial charge in [0.1, 0.15) is 11.9 Å². The fourth-order valence-electron chi connectivity index (χ4n) is 1.61.